The number of furan rings is 1. The van der Waals surface area contributed by atoms with E-state index < -0.39 is 0 Å². The lowest BCUT2D eigenvalue weighted by molar-refractivity contribution is 0.669. The zero-order chi connectivity index (χ0) is 31.2. The molecule has 220 valence electrons. The second-order valence-corrected chi connectivity index (χ2v) is 11.6. The Morgan fingerprint density at radius 2 is 0.809 bits per heavy atom. The van der Waals surface area contributed by atoms with E-state index >= 15 is 0 Å². The van der Waals surface area contributed by atoms with Crippen LogP contribution in [-0.2, 0) is 0 Å². The minimum atomic E-state index is 0.628. The Bertz CT molecular complexity index is 2550. The summed E-state index contributed by atoms with van der Waals surface area (Å²) in [6.07, 6.45) is 0. The highest BCUT2D eigenvalue weighted by Gasteiger charge is 2.19. The fourth-order valence-corrected chi connectivity index (χ4v) is 6.54. The molecule has 0 fully saturated rings. The van der Waals surface area contributed by atoms with E-state index in [1.807, 2.05) is 54.6 Å². The lowest BCUT2D eigenvalue weighted by atomic mass is 9.92. The maximum absolute atomic E-state index is 6.27. The maximum atomic E-state index is 6.27. The van der Waals surface area contributed by atoms with Gasteiger partial charge < -0.3 is 4.42 Å². The predicted molar refractivity (Wildman–Crippen MR) is 192 cm³/mol. The number of para-hydroxylation sites is 1. The molecule has 2 aromatic heterocycles. The van der Waals surface area contributed by atoms with Gasteiger partial charge in [-0.05, 0) is 39.8 Å². The molecule has 0 aliphatic heterocycles. The van der Waals surface area contributed by atoms with Crippen LogP contribution in [0.5, 0.6) is 0 Å². The quantitative estimate of drug-likeness (QED) is 0.197. The Kier molecular flexibility index (Phi) is 6.43. The van der Waals surface area contributed by atoms with Gasteiger partial charge in [-0.25, -0.2) is 15.0 Å². The van der Waals surface area contributed by atoms with Gasteiger partial charge in [-0.3, -0.25) is 0 Å². The zero-order valence-electron chi connectivity index (χ0n) is 25.3. The summed E-state index contributed by atoms with van der Waals surface area (Å²) in [6, 6.07) is 56.3. The highest BCUT2D eigenvalue weighted by molar-refractivity contribution is 6.17. The molecule has 4 heteroatoms. The lowest BCUT2D eigenvalue weighted by Gasteiger charge is -2.14. The summed E-state index contributed by atoms with van der Waals surface area (Å²) in [5, 5.41) is 4.40. The van der Waals surface area contributed by atoms with Crippen molar-refractivity contribution in [2.24, 2.45) is 0 Å². The van der Waals surface area contributed by atoms with Crippen LogP contribution in [0.1, 0.15) is 0 Å². The van der Waals surface area contributed by atoms with E-state index in [1.165, 1.54) is 5.56 Å². The average Bonchev–Trinajstić information content (AvgIpc) is 3.54. The third-order valence-corrected chi connectivity index (χ3v) is 8.76. The minimum Gasteiger partial charge on any atom is -0.456 e. The van der Waals surface area contributed by atoms with Gasteiger partial charge in [0, 0.05) is 32.8 Å². The molecule has 9 aromatic rings. The van der Waals surface area contributed by atoms with Crippen molar-refractivity contribution in [1.82, 2.24) is 15.0 Å². The highest BCUT2D eigenvalue weighted by atomic mass is 16.3. The van der Waals surface area contributed by atoms with Gasteiger partial charge in [0.1, 0.15) is 11.2 Å². The molecular formula is C43H27N3O. The highest BCUT2D eigenvalue weighted by Crippen LogP contribution is 2.42. The summed E-state index contributed by atoms with van der Waals surface area (Å²) in [6.45, 7) is 0. The van der Waals surface area contributed by atoms with E-state index in [4.69, 9.17) is 19.4 Å². The molecule has 4 nitrogen and oxygen atoms in total. The fourth-order valence-electron chi connectivity index (χ4n) is 6.54. The second kappa shape index (κ2) is 11.2. The van der Waals surface area contributed by atoms with E-state index in [2.05, 4.69) is 109 Å². The number of rotatable bonds is 5. The molecule has 0 aliphatic carbocycles. The van der Waals surface area contributed by atoms with E-state index in [9.17, 15) is 0 Å². The van der Waals surface area contributed by atoms with Crippen molar-refractivity contribution in [3.05, 3.63) is 164 Å². The third-order valence-electron chi connectivity index (χ3n) is 8.76. The molecule has 0 amide bonds. The van der Waals surface area contributed by atoms with Crippen LogP contribution in [-0.4, -0.2) is 15.0 Å². The molecular weight excluding hydrogens is 574 g/mol. The van der Waals surface area contributed by atoms with Gasteiger partial charge in [0.05, 0.1) is 0 Å². The van der Waals surface area contributed by atoms with Crippen LogP contribution in [0.3, 0.4) is 0 Å². The molecule has 0 spiro atoms. The van der Waals surface area contributed by atoms with Crippen molar-refractivity contribution in [2.75, 3.05) is 0 Å². The first kappa shape index (κ1) is 27.0. The molecule has 0 bridgehead atoms. The molecule has 0 saturated heterocycles. The van der Waals surface area contributed by atoms with Crippen molar-refractivity contribution in [2.45, 2.75) is 0 Å². The lowest BCUT2D eigenvalue weighted by Crippen LogP contribution is -2.01. The van der Waals surface area contributed by atoms with Gasteiger partial charge in [0.2, 0.25) is 0 Å². The van der Waals surface area contributed by atoms with Crippen molar-refractivity contribution in [3.63, 3.8) is 0 Å². The zero-order valence-corrected chi connectivity index (χ0v) is 25.3. The molecule has 0 aliphatic rings. The monoisotopic (exact) mass is 601 g/mol. The molecule has 0 saturated carbocycles. The van der Waals surface area contributed by atoms with Gasteiger partial charge >= 0.3 is 0 Å². The molecule has 0 N–H and O–H groups in total. The number of aromatic nitrogens is 3. The van der Waals surface area contributed by atoms with E-state index in [0.717, 1.165) is 66.1 Å². The summed E-state index contributed by atoms with van der Waals surface area (Å²) in [4.78, 5) is 15.3. The smallest absolute Gasteiger partial charge is 0.164 e. The molecule has 47 heavy (non-hydrogen) atoms. The Morgan fingerprint density at radius 3 is 1.53 bits per heavy atom. The Labute approximate surface area is 271 Å². The van der Waals surface area contributed by atoms with E-state index in [1.54, 1.807) is 0 Å². The second-order valence-electron chi connectivity index (χ2n) is 11.6. The van der Waals surface area contributed by atoms with Crippen molar-refractivity contribution < 1.29 is 4.42 Å². The van der Waals surface area contributed by atoms with E-state index in [0.29, 0.717) is 17.5 Å². The summed E-state index contributed by atoms with van der Waals surface area (Å²) in [5.74, 6) is 1.89. The van der Waals surface area contributed by atoms with Gasteiger partial charge in [0.15, 0.2) is 17.5 Å². The van der Waals surface area contributed by atoms with E-state index in [-0.39, 0.29) is 0 Å². The first-order valence-corrected chi connectivity index (χ1v) is 15.7. The third kappa shape index (κ3) is 4.75. The van der Waals surface area contributed by atoms with Crippen LogP contribution in [0.2, 0.25) is 0 Å². The SMILES string of the molecule is c1ccc(-c2ccc(-c3nc(-c4ccccc4)nc(-c4cccc5cccc(-c6cccc7oc8ccccc8c67)c45)n3)cc2)cc1. The van der Waals surface area contributed by atoms with Gasteiger partial charge in [-0.2, -0.15) is 0 Å². The molecule has 0 atom stereocenters. The van der Waals surface area contributed by atoms with Crippen molar-refractivity contribution in [1.29, 1.82) is 0 Å². The van der Waals surface area contributed by atoms with Crippen LogP contribution in [0.15, 0.2) is 168 Å². The normalized spacial score (nSPS) is 11.4. The minimum absolute atomic E-state index is 0.628. The number of benzene rings is 7. The van der Waals surface area contributed by atoms with Crippen LogP contribution in [0.25, 0.3) is 89.1 Å². The van der Waals surface area contributed by atoms with Crippen LogP contribution >= 0.6 is 0 Å². The summed E-state index contributed by atoms with van der Waals surface area (Å²) >= 11 is 0. The standard InChI is InChI=1S/C43H27N3O/c1-3-12-28(13-4-1)29-24-26-32(27-25-29)42-44-41(31-14-5-2-6-15-31)45-43(46-42)36-21-10-17-30-16-9-19-33(39(30)36)34-20-11-23-38-40(34)35-18-7-8-22-37(35)47-38/h1-27H. The first-order chi connectivity index (χ1) is 23.3. The molecule has 7 aromatic carbocycles. The molecule has 0 unspecified atom stereocenters. The average molecular weight is 602 g/mol. The first-order valence-electron chi connectivity index (χ1n) is 15.7. The molecule has 9 rings (SSSR count). The van der Waals surface area contributed by atoms with Crippen LogP contribution in [0, 0.1) is 0 Å². The summed E-state index contributed by atoms with van der Waals surface area (Å²) < 4.78 is 6.27. The van der Waals surface area contributed by atoms with Crippen molar-refractivity contribution >= 4 is 32.7 Å². The Hall–Kier alpha value is -6.39. The predicted octanol–water partition coefficient (Wildman–Crippen LogP) is 11.3. The Morgan fingerprint density at radius 1 is 0.319 bits per heavy atom. The number of hydrogen-bond acceptors (Lipinski definition) is 4. The number of hydrogen-bond donors (Lipinski definition) is 0. The van der Waals surface area contributed by atoms with Crippen LogP contribution in [0.4, 0.5) is 0 Å². The maximum Gasteiger partial charge on any atom is 0.164 e. The summed E-state index contributed by atoms with van der Waals surface area (Å²) in [7, 11) is 0. The van der Waals surface area contributed by atoms with Crippen molar-refractivity contribution in [3.8, 4) is 56.4 Å². The van der Waals surface area contributed by atoms with Gasteiger partial charge in [-0.15, -0.1) is 0 Å². The topological polar surface area (TPSA) is 51.8 Å². The summed E-state index contributed by atoms with van der Waals surface area (Å²) in [5.41, 5.74) is 9.09. The molecule has 0 radical (unpaired) electrons. The van der Waals surface area contributed by atoms with Gasteiger partial charge in [0.25, 0.3) is 0 Å². The van der Waals surface area contributed by atoms with Gasteiger partial charge in [-0.1, -0.05) is 152 Å². The number of fused-ring (bicyclic) bond motifs is 4. The fraction of sp³-hybridized carbons (Fsp3) is 0. The largest absolute Gasteiger partial charge is 0.456 e. The van der Waals surface area contributed by atoms with Crippen LogP contribution < -0.4 is 0 Å². The molecule has 2 heterocycles. The number of nitrogens with zero attached hydrogens (tertiary/aromatic N) is 3. The Balaban J connectivity index is 1.27.